The van der Waals surface area contributed by atoms with Crippen molar-refractivity contribution in [2.75, 3.05) is 6.54 Å². The lowest BCUT2D eigenvalue weighted by Crippen LogP contribution is -2.39. The van der Waals surface area contributed by atoms with Crippen molar-refractivity contribution >= 4 is 11.8 Å². The summed E-state index contributed by atoms with van der Waals surface area (Å²) >= 11 is 0. The number of rotatable bonds is 4. The number of hydrogen-bond acceptors (Lipinski definition) is 3. The molecule has 0 saturated carbocycles. The molecular weight excluding hydrogens is 362 g/mol. The van der Waals surface area contributed by atoms with Crippen molar-refractivity contribution in [3.8, 4) is 12.3 Å². The Bertz CT molecular complexity index is 949. The van der Waals surface area contributed by atoms with Crippen LogP contribution in [-0.4, -0.2) is 29.4 Å². The Morgan fingerprint density at radius 2 is 1.66 bits per heavy atom. The third-order valence-electron chi connectivity index (χ3n) is 5.98. The number of carbonyl (C=O) groups is 2. The topological polar surface area (TPSA) is 46.6 Å². The van der Waals surface area contributed by atoms with Crippen molar-refractivity contribution in [2.24, 2.45) is 0 Å². The summed E-state index contributed by atoms with van der Waals surface area (Å²) in [6, 6.07) is 15.3. The van der Waals surface area contributed by atoms with Crippen molar-refractivity contribution in [3.05, 3.63) is 70.8 Å². The van der Waals surface area contributed by atoms with Gasteiger partial charge in [-0.15, -0.1) is 6.42 Å². The predicted octanol–water partition coefficient (Wildman–Crippen LogP) is 4.50. The molecule has 0 spiro atoms. The van der Waals surface area contributed by atoms with E-state index in [9.17, 15) is 9.59 Å². The van der Waals surface area contributed by atoms with Gasteiger partial charge in [0.2, 0.25) is 0 Å². The Labute approximate surface area is 171 Å². The fourth-order valence-corrected chi connectivity index (χ4v) is 4.09. The molecule has 0 N–H and O–H groups in total. The lowest BCUT2D eigenvalue weighted by atomic mass is 9.85. The van der Waals surface area contributed by atoms with Gasteiger partial charge in [-0.25, -0.2) is 0 Å². The second kappa shape index (κ2) is 7.50. The molecule has 1 saturated heterocycles. The van der Waals surface area contributed by atoms with Crippen molar-refractivity contribution in [1.29, 1.82) is 0 Å². The quantitative estimate of drug-likeness (QED) is 0.573. The fourth-order valence-electron chi connectivity index (χ4n) is 4.09. The van der Waals surface area contributed by atoms with Crippen LogP contribution in [-0.2, 0) is 10.2 Å². The van der Waals surface area contributed by atoms with E-state index in [2.05, 4.69) is 30.2 Å². The number of imide groups is 1. The maximum absolute atomic E-state index is 12.6. The van der Waals surface area contributed by atoms with Crippen molar-refractivity contribution < 1.29 is 14.3 Å². The van der Waals surface area contributed by atoms with Gasteiger partial charge in [0.25, 0.3) is 11.8 Å². The molecule has 148 valence electrons. The summed E-state index contributed by atoms with van der Waals surface area (Å²) in [5.74, 6) is 2.37. The lowest BCUT2D eigenvalue weighted by molar-refractivity contribution is -0.0587. The van der Waals surface area contributed by atoms with E-state index in [4.69, 9.17) is 11.2 Å². The second-order valence-electron chi connectivity index (χ2n) is 8.34. The average molecular weight is 387 g/mol. The van der Waals surface area contributed by atoms with Gasteiger partial charge in [0, 0.05) is 0 Å². The molecule has 2 heterocycles. The first-order valence-corrected chi connectivity index (χ1v) is 10.1. The maximum Gasteiger partial charge on any atom is 0.261 e. The molecular formula is C25H25NO3. The van der Waals surface area contributed by atoms with Crippen molar-refractivity contribution in [2.45, 2.75) is 50.7 Å². The van der Waals surface area contributed by atoms with E-state index in [1.807, 2.05) is 13.8 Å². The molecule has 0 aromatic heterocycles. The molecule has 0 aliphatic carbocycles. The van der Waals surface area contributed by atoms with Crippen LogP contribution in [0.4, 0.5) is 0 Å². The molecule has 2 unspecified atom stereocenters. The highest BCUT2D eigenvalue weighted by atomic mass is 16.5. The zero-order valence-corrected chi connectivity index (χ0v) is 16.9. The van der Waals surface area contributed by atoms with Gasteiger partial charge in [-0.05, 0) is 56.4 Å². The smallest absolute Gasteiger partial charge is 0.261 e. The Hall–Kier alpha value is -2.90. The number of ether oxygens (including phenoxy) is 1. The molecule has 29 heavy (non-hydrogen) atoms. The molecule has 0 radical (unpaired) electrons. The van der Waals surface area contributed by atoms with Crippen LogP contribution in [0.1, 0.15) is 71.1 Å². The summed E-state index contributed by atoms with van der Waals surface area (Å²) in [4.78, 5) is 26.6. The van der Waals surface area contributed by atoms with Gasteiger partial charge in [-0.1, -0.05) is 42.3 Å². The number of terminal acetylenes is 1. The monoisotopic (exact) mass is 387 g/mol. The largest absolute Gasteiger partial charge is 0.368 e. The first-order chi connectivity index (χ1) is 13.9. The minimum Gasteiger partial charge on any atom is -0.368 e. The van der Waals surface area contributed by atoms with Crippen LogP contribution >= 0.6 is 0 Å². The van der Waals surface area contributed by atoms with E-state index in [0.717, 1.165) is 30.4 Å². The number of nitrogens with zero attached hydrogens (tertiary/aromatic N) is 1. The van der Waals surface area contributed by atoms with Crippen LogP contribution in [0.5, 0.6) is 0 Å². The van der Waals surface area contributed by atoms with Crippen LogP contribution < -0.4 is 0 Å². The molecule has 4 heteroatoms. The minimum absolute atomic E-state index is 0.0352. The van der Waals surface area contributed by atoms with Crippen LogP contribution in [0.15, 0.2) is 48.5 Å². The Morgan fingerprint density at radius 3 is 2.24 bits per heavy atom. The highest BCUT2D eigenvalue weighted by Gasteiger charge is 2.37. The van der Waals surface area contributed by atoms with Crippen molar-refractivity contribution in [1.82, 2.24) is 4.90 Å². The minimum atomic E-state index is -0.306. The van der Waals surface area contributed by atoms with E-state index in [1.54, 1.807) is 24.3 Å². The highest BCUT2D eigenvalue weighted by Crippen LogP contribution is 2.34. The third kappa shape index (κ3) is 3.59. The summed E-state index contributed by atoms with van der Waals surface area (Å²) in [6.07, 6.45) is 8.21. The van der Waals surface area contributed by atoms with Gasteiger partial charge >= 0.3 is 0 Å². The van der Waals surface area contributed by atoms with Gasteiger partial charge in [0.15, 0.2) is 0 Å². The van der Waals surface area contributed by atoms with E-state index in [0.29, 0.717) is 17.7 Å². The van der Waals surface area contributed by atoms with Gasteiger partial charge in [-0.2, -0.15) is 0 Å². The molecule has 1 fully saturated rings. The van der Waals surface area contributed by atoms with Crippen LogP contribution in [0.3, 0.4) is 0 Å². The third-order valence-corrected chi connectivity index (χ3v) is 5.98. The number of hydrogen-bond donors (Lipinski definition) is 0. The lowest BCUT2D eigenvalue weighted by Gasteiger charge is -2.32. The summed E-state index contributed by atoms with van der Waals surface area (Å²) in [5, 5.41) is 0. The first-order valence-electron chi connectivity index (χ1n) is 10.1. The number of amides is 2. The van der Waals surface area contributed by atoms with Gasteiger partial charge in [-0.3, -0.25) is 14.5 Å². The summed E-state index contributed by atoms with van der Waals surface area (Å²) in [7, 11) is 0. The standard InChI is InChI=1S/C25H25NO3/c1-4-25(2,3)18-14-12-17(13-15-18)22-11-7-8-19(29-22)16-26-23(27)20-9-5-6-10-21(20)24(26)28/h1,5-6,9-10,12-15,19,22H,7-8,11,16H2,2-3H3. The number of benzene rings is 2. The molecule has 2 atom stereocenters. The average Bonchev–Trinajstić information content (AvgIpc) is 2.99. The Balaban J connectivity index is 1.45. The summed E-state index contributed by atoms with van der Waals surface area (Å²) < 4.78 is 6.30. The molecule has 4 rings (SSSR count). The SMILES string of the molecule is C#CC(C)(C)c1ccc(C2CCCC(CN3C(=O)c4ccccc4C3=O)O2)cc1. The zero-order valence-electron chi connectivity index (χ0n) is 16.9. The molecule has 4 nitrogen and oxygen atoms in total. The highest BCUT2D eigenvalue weighted by molar-refractivity contribution is 6.21. The molecule has 2 amide bonds. The molecule has 2 aliphatic rings. The summed E-state index contributed by atoms with van der Waals surface area (Å²) in [5.41, 5.74) is 2.86. The van der Waals surface area contributed by atoms with Crippen LogP contribution in [0.2, 0.25) is 0 Å². The molecule has 0 bridgehead atoms. The van der Waals surface area contributed by atoms with E-state index in [-0.39, 0.29) is 29.4 Å². The van der Waals surface area contributed by atoms with Gasteiger partial charge in [0.05, 0.1) is 35.3 Å². The molecule has 2 aliphatic heterocycles. The maximum atomic E-state index is 12.6. The van der Waals surface area contributed by atoms with Crippen molar-refractivity contribution in [3.63, 3.8) is 0 Å². The van der Waals surface area contributed by atoms with Gasteiger partial charge < -0.3 is 4.74 Å². The number of carbonyl (C=O) groups excluding carboxylic acids is 2. The Kier molecular flexibility index (Phi) is 5.02. The summed E-state index contributed by atoms with van der Waals surface area (Å²) in [6.45, 7) is 4.35. The number of fused-ring (bicyclic) bond motifs is 1. The predicted molar refractivity (Wildman–Crippen MR) is 112 cm³/mol. The molecule has 2 aromatic carbocycles. The Morgan fingerprint density at radius 1 is 1.03 bits per heavy atom. The first kappa shape index (κ1) is 19.4. The van der Waals surface area contributed by atoms with Crippen LogP contribution in [0.25, 0.3) is 0 Å². The fraction of sp³-hybridized carbons (Fsp3) is 0.360. The zero-order chi connectivity index (χ0) is 20.6. The van der Waals surface area contributed by atoms with E-state index in [1.165, 1.54) is 4.90 Å². The van der Waals surface area contributed by atoms with Gasteiger partial charge in [0.1, 0.15) is 0 Å². The van der Waals surface area contributed by atoms with Crippen LogP contribution in [0, 0.1) is 12.3 Å². The van der Waals surface area contributed by atoms with E-state index >= 15 is 0 Å². The molecule has 2 aromatic rings. The second-order valence-corrected chi connectivity index (χ2v) is 8.34. The van der Waals surface area contributed by atoms with E-state index < -0.39 is 0 Å². The normalized spacial score (nSPS) is 21.8.